The highest BCUT2D eigenvalue weighted by Crippen LogP contribution is 2.38. The topological polar surface area (TPSA) is 12.4 Å². The summed E-state index contributed by atoms with van der Waals surface area (Å²) in [6, 6.07) is 12.4. The van der Waals surface area contributed by atoms with Crippen molar-refractivity contribution in [3.05, 3.63) is 61.8 Å². The Bertz CT molecular complexity index is 713. The quantitative estimate of drug-likeness (QED) is 0.662. The van der Waals surface area contributed by atoms with Crippen LogP contribution in [0.15, 0.2) is 56.9 Å². The summed E-state index contributed by atoms with van der Waals surface area (Å²) in [5, 5.41) is 0. The highest BCUT2D eigenvalue weighted by atomic mass is 35.5. The summed E-state index contributed by atoms with van der Waals surface area (Å²) in [6.07, 6.45) is 0.940. The van der Waals surface area contributed by atoms with E-state index in [0.717, 1.165) is 27.0 Å². The maximum absolute atomic E-state index is 6.09. The first-order valence-electron chi connectivity index (χ1n) is 6.50. The van der Waals surface area contributed by atoms with Crippen molar-refractivity contribution in [1.29, 1.82) is 0 Å². The number of hydrogen-bond acceptors (Lipinski definition) is 3. The van der Waals surface area contributed by atoms with E-state index in [0.29, 0.717) is 0 Å². The standard InChI is InChI=1S/C16H14ClNS2/c1-3-12-10(2)19-13-7-5-4-6-11(13)16(18-12)14-8-9-15(17)20-14/h4-9H,3H2,1-2H3. The lowest BCUT2D eigenvalue weighted by Crippen LogP contribution is -2.02. The lowest BCUT2D eigenvalue weighted by Gasteiger charge is -2.07. The first kappa shape index (κ1) is 13.9. The van der Waals surface area contributed by atoms with E-state index in [1.54, 1.807) is 11.3 Å². The molecule has 1 nitrogen and oxygen atoms in total. The number of fused-ring (bicyclic) bond motifs is 1. The van der Waals surface area contributed by atoms with Crippen molar-refractivity contribution in [2.24, 2.45) is 4.99 Å². The van der Waals surface area contributed by atoms with E-state index < -0.39 is 0 Å². The number of allylic oxidation sites excluding steroid dienone is 2. The molecule has 0 radical (unpaired) electrons. The first-order valence-corrected chi connectivity index (χ1v) is 8.51. The molecule has 1 aliphatic rings. The molecule has 0 atom stereocenters. The Morgan fingerprint density at radius 1 is 1.15 bits per heavy atom. The van der Waals surface area contributed by atoms with Crippen LogP contribution in [-0.2, 0) is 0 Å². The van der Waals surface area contributed by atoms with Crippen LogP contribution in [0.2, 0.25) is 4.34 Å². The molecule has 0 spiro atoms. The van der Waals surface area contributed by atoms with Gasteiger partial charge >= 0.3 is 0 Å². The van der Waals surface area contributed by atoms with Gasteiger partial charge in [0.15, 0.2) is 0 Å². The maximum atomic E-state index is 6.09. The minimum absolute atomic E-state index is 0.802. The van der Waals surface area contributed by atoms with Gasteiger partial charge in [0.25, 0.3) is 0 Å². The van der Waals surface area contributed by atoms with E-state index in [9.17, 15) is 0 Å². The van der Waals surface area contributed by atoms with Crippen molar-refractivity contribution in [1.82, 2.24) is 0 Å². The Balaban J connectivity index is 2.23. The summed E-state index contributed by atoms with van der Waals surface area (Å²) in [7, 11) is 0. The smallest absolute Gasteiger partial charge is 0.0935 e. The van der Waals surface area contributed by atoms with E-state index in [1.165, 1.54) is 15.4 Å². The Kier molecular flexibility index (Phi) is 4.01. The highest BCUT2D eigenvalue weighted by Gasteiger charge is 2.19. The third kappa shape index (κ3) is 2.58. The van der Waals surface area contributed by atoms with Gasteiger partial charge in [0.05, 0.1) is 20.6 Å². The molecule has 3 rings (SSSR count). The zero-order chi connectivity index (χ0) is 14.1. The van der Waals surface area contributed by atoms with E-state index >= 15 is 0 Å². The number of benzene rings is 1. The fraction of sp³-hybridized carbons (Fsp3) is 0.188. The van der Waals surface area contributed by atoms with Gasteiger partial charge in [0, 0.05) is 15.4 Å². The molecule has 0 N–H and O–H groups in total. The van der Waals surface area contributed by atoms with Crippen LogP contribution < -0.4 is 0 Å². The minimum atomic E-state index is 0.802. The monoisotopic (exact) mass is 319 g/mol. The van der Waals surface area contributed by atoms with Crippen molar-refractivity contribution in [2.45, 2.75) is 25.2 Å². The lowest BCUT2D eigenvalue weighted by molar-refractivity contribution is 1.06. The molecule has 0 saturated heterocycles. The fourth-order valence-electron chi connectivity index (χ4n) is 2.21. The number of thiophene rings is 1. The van der Waals surface area contributed by atoms with Gasteiger partial charge in [-0.2, -0.15) is 0 Å². The van der Waals surface area contributed by atoms with E-state index in [4.69, 9.17) is 16.6 Å². The van der Waals surface area contributed by atoms with E-state index in [2.05, 4.69) is 44.2 Å². The maximum Gasteiger partial charge on any atom is 0.0935 e. The van der Waals surface area contributed by atoms with Crippen LogP contribution in [0.5, 0.6) is 0 Å². The second kappa shape index (κ2) is 5.76. The molecule has 1 aliphatic heterocycles. The number of rotatable bonds is 2. The molecule has 1 aromatic heterocycles. The van der Waals surface area contributed by atoms with Gasteiger partial charge in [0.1, 0.15) is 0 Å². The predicted octanol–water partition coefficient (Wildman–Crippen LogP) is 5.99. The molecule has 4 heteroatoms. The molecule has 0 saturated carbocycles. The summed E-state index contributed by atoms with van der Waals surface area (Å²) in [4.78, 5) is 8.59. The third-order valence-corrected chi connectivity index (χ3v) is 5.56. The number of halogens is 1. The lowest BCUT2D eigenvalue weighted by atomic mass is 10.1. The van der Waals surface area contributed by atoms with Crippen molar-refractivity contribution in [3.63, 3.8) is 0 Å². The van der Waals surface area contributed by atoms with Gasteiger partial charge in [-0.05, 0) is 31.5 Å². The van der Waals surface area contributed by atoms with Crippen LogP contribution in [0, 0.1) is 0 Å². The largest absolute Gasteiger partial charge is 0.250 e. The minimum Gasteiger partial charge on any atom is -0.250 e. The van der Waals surface area contributed by atoms with Gasteiger partial charge < -0.3 is 0 Å². The molecular weight excluding hydrogens is 306 g/mol. The number of thioether (sulfide) groups is 1. The molecule has 2 aromatic rings. The molecule has 20 heavy (non-hydrogen) atoms. The highest BCUT2D eigenvalue weighted by molar-refractivity contribution is 8.03. The predicted molar refractivity (Wildman–Crippen MR) is 90.3 cm³/mol. The molecule has 0 aliphatic carbocycles. The second-order valence-corrected chi connectivity index (χ2v) is 7.49. The van der Waals surface area contributed by atoms with Gasteiger partial charge in [0.2, 0.25) is 0 Å². The molecule has 0 bridgehead atoms. The summed E-state index contributed by atoms with van der Waals surface area (Å²) in [5.74, 6) is 0. The van der Waals surface area contributed by atoms with Gasteiger partial charge in [-0.3, -0.25) is 4.99 Å². The number of nitrogens with zero attached hydrogens (tertiary/aromatic N) is 1. The van der Waals surface area contributed by atoms with Crippen LogP contribution in [0.25, 0.3) is 0 Å². The zero-order valence-corrected chi connectivity index (χ0v) is 13.7. The summed E-state index contributed by atoms with van der Waals surface area (Å²) >= 11 is 9.48. The van der Waals surface area contributed by atoms with Crippen LogP contribution in [-0.4, -0.2) is 5.71 Å². The van der Waals surface area contributed by atoms with E-state index in [1.807, 2.05) is 17.8 Å². The molecule has 0 unspecified atom stereocenters. The molecule has 0 amide bonds. The average molecular weight is 320 g/mol. The molecule has 0 fully saturated rings. The average Bonchev–Trinajstić information content (AvgIpc) is 2.81. The molecule has 102 valence electrons. The van der Waals surface area contributed by atoms with Gasteiger partial charge in [-0.1, -0.05) is 48.5 Å². The van der Waals surface area contributed by atoms with Crippen LogP contribution in [0.1, 0.15) is 30.7 Å². The molecule has 2 heterocycles. The zero-order valence-electron chi connectivity index (χ0n) is 11.3. The van der Waals surface area contributed by atoms with Crippen LogP contribution in [0.4, 0.5) is 0 Å². The third-order valence-electron chi connectivity index (χ3n) is 3.20. The Labute approximate surface area is 132 Å². The number of aliphatic imine (C=N–C) groups is 1. The van der Waals surface area contributed by atoms with Gasteiger partial charge in [-0.25, -0.2) is 0 Å². The molecular formula is C16H14ClNS2. The Morgan fingerprint density at radius 3 is 2.65 bits per heavy atom. The van der Waals surface area contributed by atoms with Crippen molar-refractivity contribution < 1.29 is 0 Å². The molecule has 1 aromatic carbocycles. The summed E-state index contributed by atoms with van der Waals surface area (Å²) in [5.41, 5.74) is 3.39. The van der Waals surface area contributed by atoms with Crippen molar-refractivity contribution >= 4 is 40.4 Å². The van der Waals surface area contributed by atoms with Crippen LogP contribution in [0.3, 0.4) is 0 Å². The SMILES string of the molecule is CCC1=C(C)Sc2ccccc2C(c2ccc(Cl)s2)=N1. The van der Waals surface area contributed by atoms with Crippen molar-refractivity contribution in [2.75, 3.05) is 0 Å². The van der Waals surface area contributed by atoms with Crippen molar-refractivity contribution in [3.8, 4) is 0 Å². The summed E-state index contributed by atoms with van der Waals surface area (Å²) < 4.78 is 0.802. The normalized spacial score (nSPS) is 14.8. The van der Waals surface area contributed by atoms with Gasteiger partial charge in [-0.15, -0.1) is 11.3 Å². The second-order valence-electron chi connectivity index (χ2n) is 4.52. The first-order chi connectivity index (χ1) is 9.69. The summed E-state index contributed by atoms with van der Waals surface area (Å²) in [6.45, 7) is 4.30. The van der Waals surface area contributed by atoms with Crippen LogP contribution >= 0.6 is 34.7 Å². The Hall–Kier alpha value is -1.03. The number of hydrogen-bond donors (Lipinski definition) is 0. The Morgan fingerprint density at radius 2 is 1.95 bits per heavy atom. The fourth-order valence-corrected chi connectivity index (χ4v) is 4.31. The van der Waals surface area contributed by atoms with E-state index in [-0.39, 0.29) is 0 Å².